The van der Waals surface area contributed by atoms with Crippen molar-refractivity contribution in [1.29, 1.82) is 0 Å². The Balaban J connectivity index is 3.47. The number of hydrogen-bond donors (Lipinski definition) is 1. The van der Waals surface area contributed by atoms with Gasteiger partial charge in [-0.05, 0) is 25.0 Å². The third-order valence-corrected chi connectivity index (χ3v) is 2.18. The normalized spacial score (nSPS) is 10.4. The molecule has 0 heterocycles. The van der Waals surface area contributed by atoms with Crippen LogP contribution in [-0.4, -0.2) is 12.3 Å². The van der Waals surface area contributed by atoms with Crippen LogP contribution in [0, 0.1) is 25.5 Å². The zero-order chi connectivity index (χ0) is 10.9. The number of Topliss-reactive ketones (excluding diaryl/α,β-unsaturated/α-hetero) is 1. The molecular formula is C10H11F2NO. The van der Waals surface area contributed by atoms with Crippen molar-refractivity contribution in [3.8, 4) is 0 Å². The molecule has 0 radical (unpaired) electrons. The lowest BCUT2D eigenvalue weighted by molar-refractivity contribution is 0.0999. The summed E-state index contributed by atoms with van der Waals surface area (Å²) in [6.45, 7) is 2.62. The second kappa shape index (κ2) is 3.84. The quantitative estimate of drug-likeness (QED) is 0.737. The second-order valence-electron chi connectivity index (χ2n) is 3.09. The van der Waals surface area contributed by atoms with E-state index >= 15 is 0 Å². The van der Waals surface area contributed by atoms with Gasteiger partial charge < -0.3 is 5.73 Å². The van der Waals surface area contributed by atoms with Crippen molar-refractivity contribution in [3.63, 3.8) is 0 Å². The summed E-state index contributed by atoms with van der Waals surface area (Å²) in [5.74, 6) is -1.88. The van der Waals surface area contributed by atoms with E-state index in [0.717, 1.165) is 6.07 Å². The molecule has 0 atom stereocenters. The number of ketones is 1. The van der Waals surface area contributed by atoms with Crippen LogP contribution in [0.4, 0.5) is 8.78 Å². The van der Waals surface area contributed by atoms with Gasteiger partial charge in [0.15, 0.2) is 5.78 Å². The molecule has 0 aliphatic rings. The van der Waals surface area contributed by atoms with Crippen molar-refractivity contribution in [2.24, 2.45) is 5.73 Å². The van der Waals surface area contributed by atoms with Crippen molar-refractivity contribution < 1.29 is 13.6 Å². The predicted molar refractivity (Wildman–Crippen MR) is 49.2 cm³/mol. The number of halogens is 2. The highest BCUT2D eigenvalue weighted by molar-refractivity contribution is 6.00. The van der Waals surface area contributed by atoms with E-state index in [2.05, 4.69) is 0 Å². The molecule has 2 N–H and O–H groups in total. The van der Waals surface area contributed by atoms with Crippen LogP contribution < -0.4 is 5.73 Å². The van der Waals surface area contributed by atoms with Crippen LogP contribution in [-0.2, 0) is 0 Å². The lowest BCUT2D eigenvalue weighted by atomic mass is 9.98. The lowest BCUT2D eigenvalue weighted by Crippen LogP contribution is -2.17. The first-order chi connectivity index (χ1) is 6.49. The average molecular weight is 199 g/mol. The van der Waals surface area contributed by atoms with E-state index in [0.29, 0.717) is 0 Å². The van der Waals surface area contributed by atoms with Gasteiger partial charge in [0, 0.05) is 11.6 Å². The van der Waals surface area contributed by atoms with Gasteiger partial charge in [0.2, 0.25) is 0 Å². The van der Waals surface area contributed by atoms with Gasteiger partial charge in [-0.15, -0.1) is 0 Å². The summed E-state index contributed by atoms with van der Waals surface area (Å²) < 4.78 is 26.2. The summed E-state index contributed by atoms with van der Waals surface area (Å²) in [4.78, 5) is 11.3. The van der Waals surface area contributed by atoms with Gasteiger partial charge in [0.05, 0.1) is 6.54 Å². The van der Waals surface area contributed by atoms with E-state index in [4.69, 9.17) is 5.73 Å². The first kappa shape index (κ1) is 10.8. The molecule has 0 bridgehead atoms. The third kappa shape index (κ3) is 1.65. The Bertz CT molecular complexity index is 362. The van der Waals surface area contributed by atoms with E-state index in [1.165, 1.54) is 13.8 Å². The SMILES string of the molecule is Cc1c(F)cc(F)c(C)c1C(=O)CN. The number of carbonyl (C=O) groups excluding carboxylic acids is 1. The van der Waals surface area contributed by atoms with Crippen LogP contribution in [0.3, 0.4) is 0 Å². The van der Waals surface area contributed by atoms with E-state index in [1.54, 1.807) is 0 Å². The van der Waals surface area contributed by atoms with Crippen molar-refractivity contribution >= 4 is 5.78 Å². The highest BCUT2D eigenvalue weighted by Crippen LogP contribution is 2.20. The van der Waals surface area contributed by atoms with Crippen molar-refractivity contribution in [2.75, 3.05) is 6.54 Å². The van der Waals surface area contributed by atoms with Crippen molar-refractivity contribution in [2.45, 2.75) is 13.8 Å². The van der Waals surface area contributed by atoms with Gasteiger partial charge in [-0.25, -0.2) is 8.78 Å². The third-order valence-electron chi connectivity index (χ3n) is 2.18. The van der Waals surface area contributed by atoms with Gasteiger partial charge in [-0.2, -0.15) is 0 Å². The minimum Gasteiger partial charge on any atom is -0.324 e. The molecule has 0 saturated carbocycles. The molecule has 14 heavy (non-hydrogen) atoms. The lowest BCUT2D eigenvalue weighted by Gasteiger charge is -2.09. The van der Waals surface area contributed by atoms with Crippen LogP contribution in [0.1, 0.15) is 21.5 Å². The molecule has 0 aromatic heterocycles. The molecule has 4 heteroatoms. The molecule has 1 aromatic rings. The Labute approximate surface area is 80.7 Å². The largest absolute Gasteiger partial charge is 0.324 e. The molecule has 1 aromatic carbocycles. The molecule has 0 saturated heterocycles. The Morgan fingerprint density at radius 2 is 1.71 bits per heavy atom. The van der Waals surface area contributed by atoms with E-state index in [1.807, 2.05) is 0 Å². The molecule has 0 aliphatic heterocycles. The smallest absolute Gasteiger partial charge is 0.177 e. The van der Waals surface area contributed by atoms with Crippen LogP contribution >= 0.6 is 0 Å². The van der Waals surface area contributed by atoms with Gasteiger partial charge in [0.25, 0.3) is 0 Å². The molecule has 1 rings (SSSR count). The average Bonchev–Trinajstić information content (AvgIpc) is 2.15. The Kier molecular flexibility index (Phi) is 2.96. The summed E-state index contributed by atoms with van der Waals surface area (Å²) in [6, 6.07) is 0.776. The highest BCUT2D eigenvalue weighted by Gasteiger charge is 2.17. The molecule has 76 valence electrons. The van der Waals surface area contributed by atoms with E-state index in [-0.39, 0.29) is 23.2 Å². The minimum absolute atomic E-state index is 0.0602. The topological polar surface area (TPSA) is 43.1 Å². The molecule has 0 aliphatic carbocycles. The first-order valence-corrected chi connectivity index (χ1v) is 4.17. The van der Waals surface area contributed by atoms with E-state index < -0.39 is 17.4 Å². The number of carbonyl (C=O) groups is 1. The predicted octanol–water partition coefficient (Wildman–Crippen LogP) is 1.72. The Morgan fingerprint density at radius 1 is 1.29 bits per heavy atom. The van der Waals surface area contributed by atoms with Gasteiger partial charge in [-0.1, -0.05) is 0 Å². The maximum absolute atomic E-state index is 13.1. The minimum atomic E-state index is -0.718. The highest BCUT2D eigenvalue weighted by atomic mass is 19.1. The van der Waals surface area contributed by atoms with Crippen LogP contribution in [0.5, 0.6) is 0 Å². The first-order valence-electron chi connectivity index (χ1n) is 4.17. The summed E-state index contributed by atoms with van der Waals surface area (Å²) in [5.41, 5.74) is 5.51. The van der Waals surface area contributed by atoms with Crippen molar-refractivity contribution in [3.05, 3.63) is 34.4 Å². The summed E-state index contributed by atoms with van der Waals surface area (Å²) in [7, 11) is 0. The summed E-state index contributed by atoms with van der Waals surface area (Å²) in [5, 5.41) is 0. The summed E-state index contributed by atoms with van der Waals surface area (Å²) in [6.07, 6.45) is 0. The maximum Gasteiger partial charge on any atom is 0.177 e. The van der Waals surface area contributed by atoms with Crippen LogP contribution in [0.15, 0.2) is 6.07 Å². The number of benzene rings is 1. The second-order valence-corrected chi connectivity index (χ2v) is 3.09. The van der Waals surface area contributed by atoms with Gasteiger partial charge >= 0.3 is 0 Å². The van der Waals surface area contributed by atoms with Gasteiger partial charge in [-0.3, -0.25) is 4.79 Å². The molecule has 0 fully saturated rings. The Morgan fingerprint density at radius 3 is 2.07 bits per heavy atom. The number of hydrogen-bond acceptors (Lipinski definition) is 2. The molecule has 0 amide bonds. The summed E-state index contributed by atoms with van der Waals surface area (Å²) >= 11 is 0. The monoisotopic (exact) mass is 199 g/mol. The standard InChI is InChI=1S/C10H11F2NO/c1-5-7(11)3-8(12)6(2)10(5)9(14)4-13/h3H,4,13H2,1-2H3. The van der Waals surface area contributed by atoms with Crippen LogP contribution in [0.25, 0.3) is 0 Å². The molecular weight excluding hydrogens is 188 g/mol. The maximum atomic E-state index is 13.1. The molecule has 0 spiro atoms. The fraction of sp³-hybridized carbons (Fsp3) is 0.300. The van der Waals surface area contributed by atoms with Crippen LogP contribution in [0.2, 0.25) is 0 Å². The number of nitrogens with two attached hydrogens (primary N) is 1. The zero-order valence-electron chi connectivity index (χ0n) is 8.03. The molecule has 2 nitrogen and oxygen atoms in total. The number of rotatable bonds is 2. The van der Waals surface area contributed by atoms with Gasteiger partial charge in [0.1, 0.15) is 11.6 Å². The van der Waals surface area contributed by atoms with Crippen molar-refractivity contribution in [1.82, 2.24) is 0 Å². The molecule has 0 unspecified atom stereocenters. The van der Waals surface area contributed by atoms with E-state index in [9.17, 15) is 13.6 Å². The zero-order valence-corrected chi connectivity index (χ0v) is 8.03. The fourth-order valence-corrected chi connectivity index (χ4v) is 1.37. The fourth-order valence-electron chi connectivity index (χ4n) is 1.37. The Hall–Kier alpha value is -1.29.